The number of rotatable bonds is 4. The Kier molecular flexibility index (Phi) is 3.97. The zero-order valence-electron chi connectivity index (χ0n) is 14.4. The lowest BCUT2D eigenvalue weighted by Crippen LogP contribution is -2.09. The number of hydrogen-bond acceptors (Lipinski definition) is 5. The molecule has 3 aromatic heterocycles. The molecule has 6 heteroatoms. The Hall–Kier alpha value is -2.73. The molecule has 0 saturated carbocycles. The first-order valence-electron chi connectivity index (χ1n) is 8.20. The molecule has 1 unspecified atom stereocenters. The van der Waals surface area contributed by atoms with Gasteiger partial charge in [0.15, 0.2) is 0 Å². The van der Waals surface area contributed by atoms with E-state index < -0.39 is 0 Å². The second-order valence-electron chi connectivity index (χ2n) is 6.10. The van der Waals surface area contributed by atoms with Crippen LogP contribution < -0.4 is 5.32 Å². The van der Waals surface area contributed by atoms with E-state index in [1.807, 2.05) is 16.9 Å². The fourth-order valence-electron chi connectivity index (χ4n) is 2.94. The molecule has 25 heavy (non-hydrogen) atoms. The lowest BCUT2D eigenvalue weighted by Gasteiger charge is -2.17. The van der Waals surface area contributed by atoms with E-state index in [1.165, 1.54) is 16.0 Å². The molecule has 0 amide bonds. The molecule has 5 nitrogen and oxygen atoms in total. The highest BCUT2D eigenvalue weighted by molar-refractivity contribution is 7.18. The maximum Gasteiger partial charge on any atom is 0.138 e. The molecule has 0 aliphatic rings. The van der Waals surface area contributed by atoms with Gasteiger partial charge in [0.25, 0.3) is 0 Å². The Morgan fingerprint density at radius 2 is 2.04 bits per heavy atom. The number of nitrogens with zero attached hydrogens (tertiary/aromatic N) is 4. The summed E-state index contributed by atoms with van der Waals surface area (Å²) >= 11 is 1.71. The van der Waals surface area contributed by atoms with Crippen LogP contribution in [0.15, 0.2) is 49.1 Å². The van der Waals surface area contributed by atoms with Crippen molar-refractivity contribution < 1.29 is 0 Å². The first-order valence-corrected chi connectivity index (χ1v) is 9.02. The van der Waals surface area contributed by atoms with E-state index in [4.69, 9.17) is 0 Å². The van der Waals surface area contributed by atoms with Gasteiger partial charge in [0.1, 0.15) is 17.0 Å². The van der Waals surface area contributed by atoms with E-state index in [9.17, 15) is 0 Å². The summed E-state index contributed by atoms with van der Waals surface area (Å²) in [6.45, 7) is 6.40. The Balaban J connectivity index is 1.67. The molecular weight excluding hydrogens is 330 g/mol. The Morgan fingerprint density at radius 3 is 2.84 bits per heavy atom. The van der Waals surface area contributed by atoms with Crippen molar-refractivity contribution in [3.63, 3.8) is 0 Å². The molecule has 1 N–H and O–H groups in total. The average Bonchev–Trinajstić information content (AvgIpc) is 3.25. The van der Waals surface area contributed by atoms with Crippen molar-refractivity contribution in [1.82, 2.24) is 19.7 Å². The van der Waals surface area contributed by atoms with Gasteiger partial charge in [-0.1, -0.05) is 12.1 Å². The van der Waals surface area contributed by atoms with Gasteiger partial charge in [-0.15, -0.1) is 11.3 Å². The van der Waals surface area contributed by atoms with Gasteiger partial charge in [-0.25, -0.2) is 14.6 Å². The summed E-state index contributed by atoms with van der Waals surface area (Å²) in [5.74, 6) is 0.892. The lowest BCUT2D eigenvalue weighted by molar-refractivity contribution is 0.850. The fraction of sp³-hybridized carbons (Fsp3) is 0.211. The first-order chi connectivity index (χ1) is 12.1. The van der Waals surface area contributed by atoms with Gasteiger partial charge in [-0.2, -0.15) is 5.10 Å². The molecule has 1 aromatic carbocycles. The van der Waals surface area contributed by atoms with Crippen molar-refractivity contribution in [2.75, 3.05) is 5.32 Å². The van der Waals surface area contributed by atoms with E-state index >= 15 is 0 Å². The third-order valence-electron chi connectivity index (χ3n) is 4.46. The number of thiophene rings is 1. The van der Waals surface area contributed by atoms with Gasteiger partial charge in [-0.3, -0.25) is 0 Å². The molecule has 0 radical (unpaired) electrons. The lowest BCUT2D eigenvalue weighted by atomic mass is 10.1. The summed E-state index contributed by atoms with van der Waals surface area (Å²) in [7, 11) is 0. The normalized spacial score (nSPS) is 12.4. The van der Waals surface area contributed by atoms with Crippen LogP contribution in [-0.4, -0.2) is 19.7 Å². The standard InChI is InChI=1S/C19H19N5S/c1-12-14(3)25-19-17(12)18(20-11-21-19)23-13(2)15-6-4-7-16(10-15)24-9-5-8-22-24/h4-11,13H,1-3H3,(H,20,21,23). The van der Waals surface area contributed by atoms with Gasteiger partial charge in [-0.05, 0) is 50.1 Å². The molecule has 1 atom stereocenters. The quantitative estimate of drug-likeness (QED) is 0.582. The Bertz CT molecular complexity index is 1020. The van der Waals surface area contributed by atoms with Crippen molar-refractivity contribution in [2.45, 2.75) is 26.8 Å². The van der Waals surface area contributed by atoms with Crippen LogP contribution in [0.4, 0.5) is 5.82 Å². The van der Waals surface area contributed by atoms with Crippen molar-refractivity contribution in [1.29, 1.82) is 0 Å². The third kappa shape index (κ3) is 2.89. The third-order valence-corrected chi connectivity index (χ3v) is 5.57. The summed E-state index contributed by atoms with van der Waals surface area (Å²) in [6, 6.07) is 10.4. The van der Waals surface area contributed by atoms with E-state index in [1.54, 1.807) is 23.9 Å². The molecule has 0 fully saturated rings. The van der Waals surface area contributed by atoms with Crippen LogP contribution in [0.3, 0.4) is 0 Å². The number of hydrogen-bond donors (Lipinski definition) is 1. The van der Waals surface area contributed by atoms with Crippen LogP contribution in [0, 0.1) is 13.8 Å². The summed E-state index contributed by atoms with van der Waals surface area (Å²) < 4.78 is 1.87. The van der Waals surface area contributed by atoms with Crippen LogP contribution in [0.25, 0.3) is 15.9 Å². The van der Waals surface area contributed by atoms with Gasteiger partial charge in [0.2, 0.25) is 0 Å². The minimum absolute atomic E-state index is 0.119. The minimum atomic E-state index is 0.119. The van der Waals surface area contributed by atoms with Gasteiger partial charge >= 0.3 is 0 Å². The number of aryl methyl sites for hydroxylation is 2. The highest BCUT2D eigenvalue weighted by Gasteiger charge is 2.14. The van der Waals surface area contributed by atoms with Crippen LogP contribution >= 0.6 is 11.3 Å². The molecule has 0 bridgehead atoms. The predicted octanol–water partition coefficient (Wildman–Crippen LogP) is 4.67. The summed E-state index contributed by atoms with van der Waals surface area (Å²) in [5, 5.41) is 8.98. The maximum absolute atomic E-state index is 4.49. The van der Waals surface area contributed by atoms with Crippen molar-refractivity contribution in [3.05, 3.63) is 65.1 Å². The molecule has 4 rings (SSSR count). The Morgan fingerprint density at radius 1 is 1.16 bits per heavy atom. The van der Waals surface area contributed by atoms with Crippen molar-refractivity contribution in [2.24, 2.45) is 0 Å². The molecule has 3 heterocycles. The zero-order chi connectivity index (χ0) is 17.4. The Labute approximate surface area is 150 Å². The number of benzene rings is 1. The molecule has 0 saturated heterocycles. The number of nitrogens with one attached hydrogen (secondary N) is 1. The van der Waals surface area contributed by atoms with Crippen LogP contribution in [0.1, 0.15) is 29.0 Å². The number of anilines is 1. The second-order valence-corrected chi connectivity index (χ2v) is 7.30. The molecule has 126 valence electrons. The van der Waals surface area contributed by atoms with E-state index in [2.05, 4.69) is 65.4 Å². The molecule has 0 aliphatic heterocycles. The van der Waals surface area contributed by atoms with Crippen molar-refractivity contribution >= 4 is 27.4 Å². The summed E-state index contributed by atoms with van der Waals surface area (Å²) in [4.78, 5) is 11.2. The van der Waals surface area contributed by atoms with Gasteiger partial charge < -0.3 is 5.32 Å². The first kappa shape index (κ1) is 15.8. The van der Waals surface area contributed by atoms with Gasteiger partial charge in [0.05, 0.1) is 17.1 Å². The van der Waals surface area contributed by atoms with Gasteiger partial charge in [0, 0.05) is 17.3 Å². The second kappa shape index (κ2) is 6.29. The molecular formula is C19H19N5S. The van der Waals surface area contributed by atoms with E-state index in [0.717, 1.165) is 21.7 Å². The molecule has 0 spiro atoms. The predicted molar refractivity (Wildman–Crippen MR) is 102 cm³/mol. The van der Waals surface area contributed by atoms with Crippen LogP contribution in [0.5, 0.6) is 0 Å². The highest BCUT2D eigenvalue weighted by atomic mass is 32.1. The van der Waals surface area contributed by atoms with E-state index in [0.29, 0.717) is 0 Å². The monoisotopic (exact) mass is 349 g/mol. The number of fused-ring (bicyclic) bond motifs is 1. The SMILES string of the molecule is Cc1sc2ncnc(NC(C)c3cccc(-n4cccn4)c3)c2c1C. The van der Waals surface area contributed by atoms with E-state index in [-0.39, 0.29) is 6.04 Å². The maximum atomic E-state index is 4.49. The highest BCUT2D eigenvalue weighted by Crippen LogP contribution is 2.34. The molecule has 4 aromatic rings. The largest absolute Gasteiger partial charge is 0.363 e. The summed E-state index contributed by atoms with van der Waals surface area (Å²) in [5.41, 5.74) is 3.48. The van der Waals surface area contributed by atoms with Crippen LogP contribution in [0.2, 0.25) is 0 Å². The molecule has 0 aliphatic carbocycles. The van der Waals surface area contributed by atoms with Crippen LogP contribution in [-0.2, 0) is 0 Å². The topological polar surface area (TPSA) is 55.6 Å². The smallest absolute Gasteiger partial charge is 0.138 e. The zero-order valence-corrected chi connectivity index (χ0v) is 15.2. The van der Waals surface area contributed by atoms with Crippen molar-refractivity contribution in [3.8, 4) is 5.69 Å². The summed E-state index contributed by atoms with van der Waals surface area (Å²) in [6.07, 6.45) is 5.36. The minimum Gasteiger partial charge on any atom is -0.363 e. The number of aromatic nitrogens is 4. The fourth-order valence-corrected chi connectivity index (χ4v) is 3.94. The average molecular weight is 349 g/mol.